The lowest BCUT2D eigenvalue weighted by Gasteiger charge is -2.40. The topological polar surface area (TPSA) is 84.1 Å². The van der Waals surface area contributed by atoms with Gasteiger partial charge in [-0.2, -0.15) is 4.52 Å². The summed E-state index contributed by atoms with van der Waals surface area (Å²) in [6.07, 6.45) is 1.78. The molecule has 4 heterocycles. The van der Waals surface area contributed by atoms with E-state index in [1.165, 1.54) is 0 Å². The molecule has 8 heteroatoms. The molecule has 0 amide bonds. The molecule has 4 rings (SSSR count). The van der Waals surface area contributed by atoms with Crippen molar-refractivity contribution in [1.82, 2.24) is 29.8 Å². The van der Waals surface area contributed by atoms with E-state index in [1.54, 1.807) is 6.20 Å². The standard InChI is InChI=1S/C18H24N8/c1-12-7-8-19-17(21-12)20-9-13-10-25(11-13)15-6-5-14-22-23-16(18(2,3)4)26(14)24-15/h5-8,13H,9-11H2,1-4H3,(H,19,20,21). The Morgan fingerprint density at radius 2 is 1.96 bits per heavy atom. The van der Waals surface area contributed by atoms with E-state index in [1.807, 2.05) is 29.6 Å². The van der Waals surface area contributed by atoms with Gasteiger partial charge in [0, 0.05) is 42.9 Å². The first kappa shape index (κ1) is 16.7. The predicted octanol–water partition coefficient (Wildman–Crippen LogP) is 2.07. The van der Waals surface area contributed by atoms with E-state index in [4.69, 9.17) is 5.10 Å². The highest BCUT2D eigenvalue weighted by Crippen LogP contribution is 2.25. The summed E-state index contributed by atoms with van der Waals surface area (Å²) >= 11 is 0. The van der Waals surface area contributed by atoms with Gasteiger partial charge in [-0.3, -0.25) is 0 Å². The molecule has 1 aliphatic rings. The fourth-order valence-electron chi connectivity index (χ4n) is 3.07. The third kappa shape index (κ3) is 3.18. The quantitative estimate of drug-likeness (QED) is 0.769. The van der Waals surface area contributed by atoms with Crippen molar-refractivity contribution in [2.75, 3.05) is 29.9 Å². The van der Waals surface area contributed by atoms with Gasteiger partial charge in [0.05, 0.1) is 0 Å². The number of hydrogen-bond acceptors (Lipinski definition) is 7. The van der Waals surface area contributed by atoms with Crippen molar-refractivity contribution in [2.24, 2.45) is 5.92 Å². The summed E-state index contributed by atoms with van der Waals surface area (Å²) in [7, 11) is 0. The van der Waals surface area contributed by atoms with Gasteiger partial charge in [0.15, 0.2) is 11.5 Å². The molecule has 1 aliphatic heterocycles. The van der Waals surface area contributed by atoms with E-state index in [9.17, 15) is 0 Å². The van der Waals surface area contributed by atoms with Gasteiger partial charge in [0.1, 0.15) is 5.82 Å². The average Bonchev–Trinajstić information content (AvgIpc) is 2.97. The molecule has 8 nitrogen and oxygen atoms in total. The van der Waals surface area contributed by atoms with Crippen molar-refractivity contribution in [3.63, 3.8) is 0 Å². The third-order valence-electron chi connectivity index (χ3n) is 4.54. The normalized spacial score (nSPS) is 15.3. The van der Waals surface area contributed by atoms with Crippen LogP contribution in [0.4, 0.5) is 11.8 Å². The minimum atomic E-state index is -0.0970. The Hall–Kier alpha value is -2.77. The van der Waals surface area contributed by atoms with Gasteiger partial charge in [0.25, 0.3) is 0 Å². The first-order valence-corrected chi connectivity index (χ1v) is 8.91. The Bertz CT molecular complexity index is 920. The van der Waals surface area contributed by atoms with Crippen molar-refractivity contribution in [2.45, 2.75) is 33.1 Å². The molecular weight excluding hydrogens is 328 g/mol. The summed E-state index contributed by atoms with van der Waals surface area (Å²) in [6.45, 7) is 11.1. The number of aryl methyl sites for hydroxylation is 1. The Morgan fingerprint density at radius 1 is 1.15 bits per heavy atom. The van der Waals surface area contributed by atoms with Crippen molar-refractivity contribution in [3.05, 3.63) is 35.9 Å². The number of nitrogens with zero attached hydrogens (tertiary/aromatic N) is 7. The van der Waals surface area contributed by atoms with Gasteiger partial charge in [0.2, 0.25) is 5.95 Å². The smallest absolute Gasteiger partial charge is 0.222 e. The highest BCUT2D eigenvalue weighted by Gasteiger charge is 2.29. The van der Waals surface area contributed by atoms with E-state index in [0.717, 1.165) is 42.6 Å². The lowest BCUT2D eigenvalue weighted by Crippen LogP contribution is -2.50. The maximum absolute atomic E-state index is 4.76. The third-order valence-corrected chi connectivity index (χ3v) is 4.54. The van der Waals surface area contributed by atoms with Crippen molar-refractivity contribution >= 4 is 17.4 Å². The summed E-state index contributed by atoms with van der Waals surface area (Å²) in [5.74, 6) is 3.09. The lowest BCUT2D eigenvalue weighted by atomic mass is 9.96. The summed E-state index contributed by atoms with van der Waals surface area (Å²) < 4.78 is 1.86. The highest BCUT2D eigenvalue weighted by atomic mass is 15.4. The molecule has 1 saturated heterocycles. The van der Waals surface area contributed by atoms with E-state index in [-0.39, 0.29) is 5.41 Å². The zero-order valence-electron chi connectivity index (χ0n) is 15.6. The number of anilines is 2. The molecule has 136 valence electrons. The zero-order valence-corrected chi connectivity index (χ0v) is 15.6. The van der Waals surface area contributed by atoms with Crippen LogP contribution in [-0.4, -0.2) is 49.4 Å². The monoisotopic (exact) mass is 352 g/mol. The average molecular weight is 352 g/mol. The van der Waals surface area contributed by atoms with Crippen LogP contribution in [-0.2, 0) is 5.41 Å². The maximum Gasteiger partial charge on any atom is 0.222 e. The van der Waals surface area contributed by atoms with E-state index < -0.39 is 0 Å². The SMILES string of the molecule is Cc1ccnc(NCC2CN(c3ccc4nnc(C(C)(C)C)n4n3)C2)n1. The van der Waals surface area contributed by atoms with Crippen molar-refractivity contribution in [3.8, 4) is 0 Å². The van der Waals surface area contributed by atoms with Crippen LogP contribution in [0, 0.1) is 12.8 Å². The minimum absolute atomic E-state index is 0.0970. The Labute approximate surface area is 152 Å². The lowest BCUT2D eigenvalue weighted by molar-refractivity contribution is 0.423. The van der Waals surface area contributed by atoms with Gasteiger partial charge in [-0.15, -0.1) is 15.3 Å². The molecule has 0 unspecified atom stereocenters. The number of rotatable bonds is 4. The largest absolute Gasteiger partial charge is 0.354 e. The zero-order chi connectivity index (χ0) is 18.3. The fourth-order valence-corrected chi connectivity index (χ4v) is 3.07. The molecule has 0 bridgehead atoms. The number of hydrogen-bond donors (Lipinski definition) is 1. The summed E-state index contributed by atoms with van der Waals surface area (Å²) in [6, 6.07) is 5.90. The second kappa shape index (κ2) is 6.19. The molecular formula is C18H24N8. The molecule has 0 atom stereocenters. The molecule has 3 aromatic rings. The van der Waals surface area contributed by atoms with Crippen LogP contribution < -0.4 is 10.2 Å². The van der Waals surface area contributed by atoms with Gasteiger partial charge < -0.3 is 10.2 Å². The van der Waals surface area contributed by atoms with Gasteiger partial charge in [-0.05, 0) is 25.1 Å². The van der Waals surface area contributed by atoms with E-state index >= 15 is 0 Å². The molecule has 0 aromatic carbocycles. The van der Waals surface area contributed by atoms with Crippen molar-refractivity contribution < 1.29 is 0 Å². The van der Waals surface area contributed by atoms with Crippen LogP contribution in [0.2, 0.25) is 0 Å². The summed E-state index contributed by atoms with van der Waals surface area (Å²) in [5, 5.41) is 16.6. The first-order valence-electron chi connectivity index (χ1n) is 8.91. The Balaban J connectivity index is 1.41. The molecule has 0 saturated carbocycles. The summed E-state index contributed by atoms with van der Waals surface area (Å²) in [5.41, 5.74) is 1.66. The fraction of sp³-hybridized carbons (Fsp3) is 0.500. The Kier molecular flexibility index (Phi) is 3.97. The second-order valence-electron chi connectivity index (χ2n) is 7.91. The van der Waals surface area contributed by atoms with Gasteiger partial charge >= 0.3 is 0 Å². The van der Waals surface area contributed by atoms with Crippen LogP contribution in [0.15, 0.2) is 24.4 Å². The molecule has 0 aliphatic carbocycles. The molecule has 0 spiro atoms. The van der Waals surface area contributed by atoms with Crippen LogP contribution in [0.25, 0.3) is 5.65 Å². The van der Waals surface area contributed by atoms with Gasteiger partial charge in [-0.25, -0.2) is 9.97 Å². The number of fused-ring (bicyclic) bond motifs is 1. The molecule has 0 radical (unpaired) electrons. The van der Waals surface area contributed by atoms with E-state index in [2.05, 4.69) is 51.2 Å². The molecule has 1 N–H and O–H groups in total. The maximum atomic E-state index is 4.76. The minimum Gasteiger partial charge on any atom is -0.354 e. The number of aromatic nitrogens is 6. The van der Waals surface area contributed by atoms with Crippen LogP contribution in [0.1, 0.15) is 32.3 Å². The highest BCUT2D eigenvalue weighted by molar-refractivity contribution is 5.48. The second-order valence-corrected chi connectivity index (χ2v) is 7.91. The number of nitrogens with one attached hydrogen (secondary N) is 1. The molecule has 3 aromatic heterocycles. The van der Waals surface area contributed by atoms with Crippen molar-refractivity contribution in [1.29, 1.82) is 0 Å². The van der Waals surface area contributed by atoms with Crippen LogP contribution in [0.5, 0.6) is 0 Å². The summed E-state index contributed by atoms with van der Waals surface area (Å²) in [4.78, 5) is 10.9. The molecule has 26 heavy (non-hydrogen) atoms. The van der Waals surface area contributed by atoms with Crippen LogP contribution in [0.3, 0.4) is 0 Å². The van der Waals surface area contributed by atoms with Gasteiger partial charge in [-0.1, -0.05) is 20.8 Å². The Morgan fingerprint density at radius 3 is 2.69 bits per heavy atom. The first-order chi connectivity index (χ1) is 12.4. The molecule has 1 fully saturated rings. The van der Waals surface area contributed by atoms with Crippen LogP contribution >= 0.6 is 0 Å². The van der Waals surface area contributed by atoms with E-state index in [0.29, 0.717) is 11.9 Å². The predicted molar refractivity (Wildman–Crippen MR) is 100 cm³/mol.